The third-order valence-corrected chi connectivity index (χ3v) is 5.97. The number of aliphatic imine (C=N–C) groups is 1. The zero-order valence-electron chi connectivity index (χ0n) is 17.8. The summed E-state index contributed by atoms with van der Waals surface area (Å²) < 4.78 is 5.80. The first-order chi connectivity index (χ1) is 14.8. The van der Waals surface area contributed by atoms with Crippen LogP contribution >= 0.6 is 0 Å². The van der Waals surface area contributed by atoms with E-state index in [2.05, 4.69) is 30.5 Å². The van der Waals surface area contributed by atoms with Gasteiger partial charge in [0.15, 0.2) is 5.78 Å². The number of aromatic nitrogens is 1. The van der Waals surface area contributed by atoms with Gasteiger partial charge >= 0.3 is 5.97 Å². The number of H-pyrrole nitrogens is 1. The fourth-order valence-electron chi connectivity index (χ4n) is 4.36. The zero-order chi connectivity index (χ0) is 22.2. The van der Waals surface area contributed by atoms with Crippen LogP contribution in [0.1, 0.15) is 65.9 Å². The Bertz CT molecular complexity index is 1190. The van der Waals surface area contributed by atoms with Crippen molar-refractivity contribution >= 4 is 29.4 Å². The van der Waals surface area contributed by atoms with Crippen molar-refractivity contribution in [3.8, 4) is 5.75 Å². The summed E-state index contributed by atoms with van der Waals surface area (Å²) in [5, 5.41) is 9.64. The number of benzene rings is 2. The number of hydrogen-bond donors (Lipinski definition) is 2. The predicted molar refractivity (Wildman–Crippen MR) is 121 cm³/mol. The lowest BCUT2D eigenvalue weighted by Crippen LogP contribution is -2.30. The number of ether oxygens (including phenoxy) is 1. The fraction of sp³-hybridized carbons (Fsp3) is 0.320. The summed E-state index contributed by atoms with van der Waals surface area (Å²) in [4.78, 5) is 31.6. The molecule has 0 unspecified atom stereocenters. The molecule has 0 spiro atoms. The van der Waals surface area contributed by atoms with E-state index in [1.165, 1.54) is 0 Å². The number of aliphatic carboxylic acids is 1. The number of carboxylic acids is 1. The maximum atomic E-state index is 13.5. The number of hydrogen-bond acceptors (Lipinski definition) is 4. The van der Waals surface area contributed by atoms with Crippen LogP contribution in [0.25, 0.3) is 10.9 Å². The van der Waals surface area contributed by atoms with Gasteiger partial charge in [-0.05, 0) is 48.9 Å². The second-order valence-corrected chi connectivity index (χ2v) is 8.50. The number of carbonyl (C=O) groups excluding carboxylic acids is 1. The first kappa shape index (κ1) is 20.8. The molecule has 1 aliphatic carbocycles. The van der Waals surface area contributed by atoms with Crippen molar-refractivity contribution in [2.75, 3.05) is 6.61 Å². The van der Waals surface area contributed by atoms with E-state index >= 15 is 0 Å². The monoisotopic (exact) mass is 418 g/mol. The van der Waals surface area contributed by atoms with Gasteiger partial charge in [0.1, 0.15) is 5.75 Å². The van der Waals surface area contributed by atoms with E-state index in [1.807, 2.05) is 36.4 Å². The molecule has 0 saturated heterocycles. The number of nitrogens with zero attached hydrogens (tertiary/aromatic N) is 1. The van der Waals surface area contributed by atoms with E-state index in [4.69, 9.17) is 9.84 Å². The van der Waals surface area contributed by atoms with E-state index in [0.29, 0.717) is 42.9 Å². The van der Waals surface area contributed by atoms with Crippen LogP contribution in [0.4, 0.5) is 0 Å². The minimum atomic E-state index is -0.802. The molecule has 6 heteroatoms. The quantitative estimate of drug-likeness (QED) is 0.403. The highest BCUT2D eigenvalue weighted by Crippen LogP contribution is 2.44. The van der Waals surface area contributed by atoms with Crippen molar-refractivity contribution in [3.63, 3.8) is 0 Å². The van der Waals surface area contributed by atoms with Crippen LogP contribution < -0.4 is 4.74 Å². The number of ketones is 1. The molecular formula is C25H26N2O4. The van der Waals surface area contributed by atoms with Crippen LogP contribution in [0.3, 0.4) is 0 Å². The third-order valence-electron chi connectivity index (χ3n) is 5.97. The summed E-state index contributed by atoms with van der Waals surface area (Å²) in [6.45, 7) is 8.74. The van der Waals surface area contributed by atoms with Gasteiger partial charge in [-0.3, -0.25) is 14.6 Å². The number of aromatic amines is 1. The van der Waals surface area contributed by atoms with Crippen molar-refractivity contribution in [2.24, 2.45) is 4.99 Å². The maximum absolute atomic E-state index is 13.5. The molecule has 1 heterocycles. The SMILES string of the molecule is C=NCc1ccc2c3c([nH]c2c1)C(C)(C)c1ccc(OCCCCC(=O)O)cc1C3=O. The lowest BCUT2D eigenvalue weighted by Gasteiger charge is -2.32. The fourth-order valence-corrected chi connectivity index (χ4v) is 4.36. The van der Waals surface area contributed by atoms with Crippen LogP contribution in [-0.2, 0) is 16.8 Å². The van der Waals surface area contributed by atoms with Crippen LogP contribution in [-0.4, -0.2) is 35.2 Å². The summed E-state index contributed by atoms with van der Waals surface area (Å²) in [7, 11) is 0. The molecule has 2 aromatic carbocycles. The summed E-state index contributed by atoms with van der Waals surface area (Å²) in [5.74, 6) is -0.189. The first-order valence-corrected chi connectivity index (χ1v) is 10.4. The zero-order valence-corrected chi connectivity index (χ0v) is 17.8. The minimum Gasteiger partial charge on any atom is -0.494 e. The van der Waals surface area contributed by atoms with Gasteiger partial charge in [-0.2, -0.15) is 0 Å². The molecule has 0 fully saturated rings. The van der Waals surface area contributed by atoms with Crippen molar-refractivity contribution in [1.29, 1.82) is 0 Å². The van der Waals surface area contributed by atoms with Crippen molar-refractivity contribution in [3.05, 3.63) is 64.3 Å². The Morgan fingerprint density at radius 1 is 1.19 bits per heavy atom. The van der Waals surface area contributed by atoms with Gasteiger partial charge in [0.2, 0.25) is 0 Å². The highest BCUT2D eigenvalue weighted by molar-refractivity contribution is 6.20. The summed E-state index contributed by atoms with van der Waals surface area (Å²) in [6.07, 6.45) is 1.35. The highest BCUT2D eigenvalue weighted by Gasteiger charge is 2.39. The summed E-state index contributed by atoms with van der Waals surface area (Å²) in [5.41, 5.74) is 4.85. The Kier molecular flexibility index (Phi) is 5.39. The largest absolute Gasteiger partial charge is 0.494 e. The second-order valence-electron chi connectivity index (χ2n) is 8.50. The molecular weight excluding hydrogens is 392 g/mol. The molecule has 31 heavy (non-hydrogen) atoms. The molecule has 0 amide bonds. The summed E-state index contributed by atoms with van der Waals surface area (Å²) in [6, 6.07) is 11.6. The molecule has 0 radical (unpaired) electrons. The smallest absolute Gasteiger partial charge is 0.303 e. The number of carbonyl (C=O) groups is 2. The molecule has 1 aromatic heterocycles. The standard InChI is InChI=1S/C25H26N2O4/c1-25(2)19-10-8-16(31-11-5-4-6-21(28)29)13-18(19)23(30)22-17-9-7-15(14-26-3)12-20(17)27-24(22)25/h7-10,12-13,27H,3-6,11,14H2,1-2H3,(H,28,29). The van der Waals surface area contributed by atoms with Crippen LogP contribution in [0.5, 0.6) is 5.75 Å². The van der Waals surface area contributed by atoms with Crippen LogP contribution in [0.15, 0.2) is 41.4 Å². The minimum absolute atomic E-state index is 0.0125. The Labute approximate surface area is 181 Å². The van der Waals surface area contributed by atoms with Crippen molar-refractivity contribution in [2.45, 2.75) is 45.1 Å². The van der Waals surface area contributed by atoms with Gasteiger partial charge in [0, 0.05) is 34.0 Å². The molecule has 2 N–H and O–H groups in total. The molecule has 0 saturated carbocycles. The Hall–Kier alpha value is -3.41. The van der Waals surface area contributed by atoms with Gasteiger partial charge in [0.25, 0.3) is 0 Å². The molecule has 3 aromatic rings. The number of nitrogens with one attached hydrogen (secondary N) is 1. The van der Waals surface area contributed by atoms with Crippen molar-refractivity contribution in [1.82, 2.24) is 4.98 Å². The molecule has 0 aliphatic heterocycles. The molecule has 6 nitrogen and oxygen atoms in total. The van der Waals surface area contributed by atoms with Gasteiger partial charge in [-0.15, -0.1) is 0 Å². The number of carboxylic acid groups (broad SMARTS) is 1. The van der Waals surface area contributed by atoms with Gasteiger partial charge in [0.05, 0.1) is 18.7 Å². The molecule has 1 aliphatic rings. The number of rotatable bonds is 8. The van der Waals surface area contributed by atoms with E-state index < -0.39 is 5.97 Å². The second kappa shape index (κ2) is 8.02. The average molecular weight is 418 g/mol. The van der Waals surface area contributed by atoms with Crippen molar-refractivity contribution < 1.29 is 19.4 Å². The molecule has 160 valence electrons. The van der Waals surface area contributed by atoms with Gasteiger partial charge < -0.3 is 14.8 Å². The van der Waals surface area contributed by atoms with E-state index in [-0.39, 0.29) is 17.6 Å². The summed E-state index contributed by atoms with van der Waals surface area (Å²) >= 11 is 0. The predicted octanol–water partition coefficient (Wildman–Crippen LogP) is 4.87. The van der Waals surface area contributed by atoms with Crippen LogP contribution in [0, 0.1) is 0 Å². The normalized spacial score (nSPS) is 14.2. The van der Waals surface area contributed by atoms with E-state index in [9.17, 15) is 9.59 Å². The topological polar surface area (TPSA) is 91.8 Å². The van der Waals surface area contributed by atoms with Crippen LogP contribution in [0.2, 0.25) is 0 Å². The highest BCUT2D eigenvalue weighted by atomic mass is 16.5. The Balaban J connectivity index is 1.66. The van der Waals surface area contributed by atoms with Gasteiger partial charge in [-0.25, -0.2) is 0 Å². The van der Waals surface area contributed by atoms with E-state index in [1.54, 1.807) is 0 Å². The molecule has 4 rings (SSSR count). The maximum Gasteiger partial charge on any atom is 0.303 e. The van der Waals surface area contributed by atoms with Gasteiger partial charge in [-0.1, -0.05) is 32.0 Å². The lowest BCUT2D eigenvalue weighted by molar-refractivity contribution is -0.137. The Morgan fingerprint density at radius 3 is 2.74 bits per heavy atom. The molecule has 0 bridgehead atoms. The average Bonchev–Trinajstić information content (AvgIpc) is 3.12. The number of unbranched alkanes of at least 4 members (excludes halogenated alkanes) is 1. The van der Waals surface area contributed by atoms with E-state index in [0.717, 1.165) is 27.7 Å². The molecule has 0 atom stereocenters. The Morgan fingerprint density at radius 2 is 2.00 bits per heavy atom. The number of fused-ring (bicyclic) bond motifs is 4. The first-order valence-electron chi connectivity index (χ1n) is 10.4. The lowest BCUT2D eigenvalue weighted by atomic mass is 9.71. The third kappa shape index (κ3) is 3.74.